The summed E-state index contributed by atoms with van der Waals surface area (Å²) in [6.07, 6.45) is 1.26. The Balaban J connectivity index is 1.81. The van der Waals surface area contributed by atoms with Crippen molar-refractivity contribution in [1.29, 1.82) is 0 Å². The lowest BCUT2D eigenvalue weighted by Gasteiger charge is -2.34. The minimum Gasteiger partial charge on any atom is -0.508 e. The second kappa shape index (κ2) is 5.20. The van der Waals surface area contributed by atoms with E-state index in [9.17, 15) is 13.5 Å². The van der Waals surface area contributed by atoms with Crippen LogP contribution in [0.4, 0.5) is 5.69 Å². The molecule has 0 saturated carbocycles. The second-order valence-electron chi connectivity index (χ2n) is 5.36. The zero-order valence-electron chi connectivity index (χ0n) is 11.9. The molecule has 2 aromatic carbocycles. The third-order valence-corrected chi connectivity index (χ3v) is 5.18. The Labute approximate surface area is 124 Å². The molecular formula is C15H18N2O3S. The SMILES string of the molecule is CS(=O)(=O)N1CCN(c2ccc3cc(O)ccc3c2)CC1. The molecule has 1 fully saturated rings. The van der Waals surface area contributed by atoms with Crippen LogP contribution in [-0.2, 0) is 10.0 Å². The number of aromatic hydroxyl groups is 1. The molecule has 0 atom stereocenters. The maximum Gasteiger partial charge on any atom is 0.211 e. The monoisotopic (exact) mass is 306 g/mol. The van der Waals surface area contributed by atoms with Crippen molar-refractivity contribution in [2.24, 2.45) is 0 Å². The smallest absolute Gasteiger partial charge is 0.211 e. The molecule has 1 saturated heterocycles. The summed E-state index contributed by atoms with van der Waals surface area (Å²) in [6.45, 7) is 2.42. The van der Waals surface area contributed by atoms with E-state index in [2.05, 4.69) is 11.0 Å². The van der Waals surface area contributed by atoms with E-state index in [0.717, 1.165) is 16.5 Å². The van der Waals surface area contributed by atoms with Gasteiger partial charge in [-0.2, -0.15) is 4.31 Å². The normalized spacial score (nSPS) is 17.3. The molecule has 0 spiro atoms. The number of hydrogen-bond acceptors (Lipinski definition) is 4. The van der Waals surface area contributed by atoms with Gasteiger partial charge >= 0.3 is 0 Å². The molecule has 0 unspecified atom stereocenters. The molecule has 6 heteroatoms. The van der Waals surface area contributed by atoms with Crippen molar-refractivity contribution in [3.05, 3.63) is 36.4 Å². The van der Waals surface area contributed by atoms with Crippen LogP contribution in [0.25, 0.3) is 10.8 Å². The number of hydrogen-bond donors (Lipinski definition) is 1. The number of nitrogens with zero attached hydrogens (tertiary/aromatic N) is 2. The van der Waals surface area contributed by atoms with Gasteiger partial charge in [0.1, 0.15) is 5.75 Å². The highest BCUT2D eigenvalue weighted by molar-refractivity contribution is 7.88. The zero-order valence-corrected chi connectivity index (χ0v) is 12.7. The lowest BCUT2D eigenvalue weighted by molar-refractivity contribution is 0.388. The topological polar surface area (TPSA) is 60.9 Å². The highest BCUT2D eigenvalue weighted by Gasteiger charge is 2.23. The number of fused-ring (bicyclic) bond motifs is 1. The first kappa shape index (κ1) is 14.2. The molecule has 1 heterocycles. The van der Waals surface area contributed by atoms with Crippen molar-refractivity contribution >= 4 is 26.5 Å². The number of sulfonamides is 1. The van der Waals surface area contributed by atoms with Crippen molar-refractivity contribution in [3.8, 4) is 5.75 Å². The van der Waals surface area contributed by atoms with Crippen LogP contribution in [0.15, 0.2) is 36.4 Å². The quantitative estimate of drug-likeness (QED) is 0.916. The molecule has 21 heavy (non-hydrogen) atoms. The summed E-state index contributed by atoms with van der Waals surface area (Å²) in [5.41, 5.74) is 1.08. The zero-order chi connectivity index (χ0) is 15.0. The maximum atomic E-state index is 11.5. The standard InChI is InChI=1S/C15H18N2O3S/c1-21(19,20)17-8-6-16(7-9-17)14-4-2-13-11-15(18)5-3-12(13)10-14/h2-5,10-11,18H,6-9H2,1H3. The number of anilines is 1. The van der Waals surface area contributed by atoms with Crippen molar-refractivity contribution in [1.82, 2.24) is 4.31 Å². The molecule has 0 radical (unpaired) electrons. The van der Waals surface area contributed by atoms with Gasteiger partial charge in [0.25, 0.3) is 0 Å². The predicted octanol–water partition coefficient (Wildman–Crippen LogP) is 1.63. The Morgan fingerprint density at radius 1 is 0.952 bits per heavy atom. The first-order valence-electron chi connectivity index (χ1n) is 6.86. The van der Waals surface area contributed by atoms with Crippen LogP contribution in [0.3, 0.4) is 0 Å². The van der Waals surface area contributed by atoms with Gasteiger partial charge < -0.3 is 10.0 Å². The van der Waals surface area contributed by atoms with Gasteiger partial charge in [0, 0.05) is 31.9 Å². The number of piperazine rings is 1. The van der Waals surface area contributed by atoms with Gasteiger partial charge in [-0.25, -0.2) is 8.42 Å². The number of phenolic OH excluding ortho intramolecular Hbond substituents is 1. The summed E-state index contributed by atoms with van der Waals surface area (Å²) in [6, 6.07) is 11.4. The van der Waals surface area contributed by atoms with Gasteiger partial charge in [-0.15, -0.1) is 0 Å². The summed E-state index contributed by atoms with van der Waals surface area (Å²) < 4.78 is 24.6. The lowest BCUT2D eigenvalue weighted by atomic mass is 10.1. The van der Waals surface area contributed by atoms with Gasteiger partial charge in [0.2, 0.25) is 10.0 Å². The summed E-state index contributed by atoms with van der Waals surface area (Å²) >= 11 is 0. The van der Waals surface area contributed by atoms with Gasteiger partial charge in [-0.3, -0.25) is 0 Å². The van der Waals surface area contributed by atoms with Crippen LogP contribution in [0, 0.1) is 0 Å². The molecule has 2 aromatic rings. The fourth-order valence-electron chi connectivity index (χ4n) is 2.70. The van der Waals surface area contributed by atoms with E-state index < -0.39 is 10.0 Å². The van der Waals surface area contributed by atoms with E-state index >= 15 is 0 Å². The Bertz CT molecular complexity index is 766. The van der Waals surface area contributed by atoms with E-state index in [-0.39, 0.29) is 5.75 Å². The average Bonchev–Trinajstić information content (AvgIpc) is 2.46. The second-order valence-corrected chi connectivity index (χ2v) is 7.35. The van der Waals surface area contributed by atoms with E-state index in [1.807, 2.05) is 18.2 Å². The summed E-state index contributed by atoms with van der Waals surface area (Å²) in [7, 11) is -3.09. The van der Waals surface area contributed by atoms with Crippen LogP contribution in [0.5, 0.6) is 5.75 Å². The van der Waals surface area contributed by atoms with E-state index in [0.29, 0.717) is 26.2 Å². The van der Waals surface area contributed by atoms with Gasteiger partial charge in [-0.1, -0.05) is 12.1 Å². The van der Waals surface area contributed by atoms with Crippen LogP contribution in [-0.4, -0.2) is 50.3 Å². The molecule has 0 amide bonds. The molecule has 1 aliphatic rings. The molecule has 112 valence electrons. The molecule has 0 bridgehead atoms. The van der Waals surface area contributed by atoms with Crippen molar-refractivity contribution < 1.29 is 13.5 Å². The largest absolute Gasteiger partial charge is 0.508 e. The van der Waals surface area contributed by atoms with Gasteiger partial charge in [0.15, 0.2) is 0 Å². The molecule has 1 aliphatic heterocycles. The molecule has 3 rings (SSSR count). The first-order valence-corrected chi connectivity index (χ1v) is 8.71. The molecule has 0 aromatic heterocycles. The Hall–Kier alpha value is -1.79. The summed E-state index contributed by atoms with van der Waals surface area (Å²) in [5.74, 6) is 0.261. The fraction of sp³-hybridized carbons (Fsp3) is 0.333. The highest BCUT2D eigenvalue weighted by Crippen LogP contribution is 2.26. The summed E-state index contributed by atoms with van der Waals surface area (Å²) in [4.78, 5) is 2.19. The minimum absolute atomic E-state index is 0.261. The first-order chi connectivity index (χ1) is 9.93. The Morgan fingerprint density at radius 2 is 1.57 bits per heavy atom. The summed E-state index contributed by atoms with van der Waals surface area (Å²) in [5, 5.41) is 11.5. The van der Waals surface area contributed by atoms with Crippen molar-refractivity contribution in [2.45, 2.75) is 0 Å². The third kappa shape index (κ3) is 2.96. The number of rotatable bonds is 2. The predicted molar refractivity (Wildman–Crippen MR) is 84.2 cm³/mol. The van der Waals surface area contributed by atoms with Crippen LogP contribution >= 0.6 is 0 Å². The Morgan fingerprint density at radius 3 is 2.24 bits per heavy atom. The van der Waals surface area contributed by atoms with Crippen molar-refractivity contribution in [3.63, 3.8) is 0 Å². The average molecular weight is 306 g/mol. The van der Waals surface area contributed by atoms with E-state index in [4.69, 9.17) is 0 Å². The molecular weight excluding hydrogens is 288 g/mol. The third-order valence-electron chi connectivity index (χ3n) is 3.88. The van der Waals surface area contributed by atoms with E-state index in [1.165, 1.54) is 10.6 Å². The van der Waals surface area contributed by atoms with Gasteiger partial charge in [-0.05, 0) is 35.0 Å². The minimum atomic E-state index is -3.09. The van der Waals surface area contributed by atoms with Crippen LogP contribution in [0.2, 0.25) is 0 Å². The van der Waals surface area contributed by atoms with Crippen molar-refractivity contribution in [2.75, 3.05) is 37.3 Å². The molecule has 0 aliphatic carbocycles. The number of phenols is 1. The maximum absolute atomic E-state index is 11.5. The lowest BCUT2D eigenvalue weighted by Crippen LogP contribution is -2.48. The van der Waals surface area contributed by atoms with Crippen LogP contribution < -0.4 is 4.90 Å². The van der Waals surface area contributed by atoms with Gasteiger partial charge in [0.05, 0.1) is 6.26 Å². The fourth-order valence-corrected chi connectivity index (χ4v) is 3.52. The van der Waals surface area contributed by atoms with Crippen LogP contribution in [0.1, 0.15) is 0 Å². The molecule has 5 nitrogen and oxygen atoms in total. The Kier molecular flexibility index (Phi) is 3.51. The number of benzene rings is 2. The van der Waals surface area contributed by atoms with E-state index in [1.54, 1.807) is 12.1 Å². The highest BCUT2D eigenvalue weighted by atomic mass is 32.2. The molecule has 1 N–H and O–H groups in total.